The van der Waals surface area contributed by atoms with E-state index in [-0.39, 0.29) is 39.3 Å². The molecule has 2 bridgehead atoms. The van der Waals surface area contributed by atoms with Gasteiger partial charge < -0.3 is 31.1 Å². The largest absolute Gasteiger partial charge is 0.427 e. The van der Waals surface area contributed by atoms with Crippen molar-refractivity contribution in [3.63, 3.8) is 0 Å². The second kappa shape index (κ2) is 10.2. The van der Waals surface area contributed by atoms with Crippen LogP contribution in [0, 0.1) is 0 Å². The molecule has 17 heteroatoms. The van der Waals surface area contributed by atoms with Gasteiger partial charge in [-0.05, 0) is 62.8 Å². The van der Waals surface area contributed by atoms with Crippen LogP contribution in [0.5, 0.6) is 0 Å². The first kappa shape index (κ1) is 30.8. The first-order valence-electron chi connectivity index (χ1n) is 13.7. The molecule has 3 aliphatic rings. The van der Waals surface area contributed by atoms with Gasteiger partial charge in [-0.15, -0.1) is 11.3 Å². The number of rotatable bonds is 7. The smallest absolute Gasteiger partial charge is 0.386 e. The minimum absolute atomic E-state index is 0.0301. The van der Waals surface area contributed by atoms with Crippen molar-refractivity contribution in [3.8, 4) is 10.7 Å². The Labute approximate surface area is 256 Å². The molecule has 1 fully saturated rings. The Morgan fingerprint density at radius 3 is 2.29 bits per heavy atom. The highest BCUT2D eigenvalue weighted by molar-refractivity contribution is 7.15. The standard InChI is InChI=1S/C28H28F3N7O6S/c1-13(39)36-26-5-4-17(14(9-26)10-26)37-18-8-21(32-11-19(18)38(24(37)40)28(42,43)44)35-22-7-15(25(2,3)41)6-16(34-22)23-33-12-20(45-23)27(29,30)31/h6-8,11-12,41-44H,4-5,9-10H2,1-3H3,(H,36,39)(H,32,34,35). The van der Waals surface area contributed by atoms with E-state index in [1.807, 2.05) is 0 Å². The van der Waals surface area contributed by atoms with Crippen molar-refractivity contribution >= 4 is 45.6 Å². The number of carbonyl (C=O) groups excluding carboxylic acids is 1. The highest BCUT2D eigenvalue weighted by atomic mass is 32.1. The van der Waals surface area contributed by atoms with Crippen molar-refractivity contribution in [1.82, 2.24) is 29.4 Å². The summed E-state index contributed by atoms with van der Waals surface area (Å²) in [6.07, 6.45) is -4.37. The number of allylic oxidation sites excluding steroid dienone is 1. The third kappa shape index (κ3) is 5.61. The lowest BCUT2D eigenvalue weighted by Gasteiger charge is -2.49. The first-order chi connectivity index (χ1) is 20.8. The van der Waals surface area contributed by atoms with Crippen LogP contribution in [0.25, 0.3) is 27.4 Å². The zero-order valence-electron chi connectivity index (χ0n) is 24.1. The van der Waals surface area contributed by atoms with E-state index in [1.54, 1.807) is 0 Å². The van der Waals surface area contributed by atoms with Crippen LogP contribution in [0.4, 0.5) is 24.8 Å². The number of anilines is 2. The second-order valence-electron chi connectivity index (χ2n) is 11.8. The summed E-state index contributed by atoms with van der Waals surface area (Å²) in [5, 5.41) is 46.7. The first-order valence-corrected chi connectivity index (χ1v) is 14.5. The lowest BCUT2D eigenvalue weighted by atomic mass is 9.64. The predicted molar refractivity (Wildman–Crippen MR) is 156 cm³/mol. The van der Waals surface area contributed by atoms with E-state index in [0.717, 1.165) is 11.8 Å². The third-order valence-electron chi connectivity index (χ3n) is 7.88. The number of thiazole rings is 1. The Morgan fingerprint density at radius 1 is 1.02 bits per heavy atom. The highest BCUT2D eigenvalue weighted by Crippen LogP contribution is 2.50. The molecule has 3 aliphatic carbocycles. The third-order valence-corrected chi connectivity index (χ3v) is 8.95. The Morgan fingerprint density at radius 2 is 1.73 bits per heavy atom. The SMILES string of the molecule is CC(=O)NC12CCC(n3c(=O)n(C(O)(O)O)c4cnc(Nc5cc(C(C)(C)O)cc(-c6ncc(C(F)(F)F)s6)n5)cc43)=C(C1)C2. The van der Waals surface area contributed by atoms with Crippen LogP contribution in [0.3, 0.4) is 0 Å². The minimum Gasteiger partial charge on any atom is -0.386 e. The number of hydrogen-bond donors (Lipinski definition) is 6. The van der Waals surface area contributed by atoms with Crippen LogP contribution < -0.4 is 16.3 Å². The van der Waals surface area contributed by atoms with Crippen molar-refractivity contribution in [2.24, 2.45) is 0 Å². The van der Waals surface area contributed by atoms with Crippen LogP contribution in [0.1, 0.15) is 56.9 Å². The molecule has 45 heavy (non-hydrogen) atoms. The molecular weight excluding hydrogens is 619 g/mol. The van der Waals surface area contributed by atoms with Crippen molar-refractivity contribution in [2.75, 3.05) is 5.32 Å². The summed E-state index contributed by atoms with van der Waals surface area (Å²) in [6, 6.07) is 4.33. The maximum absolute atomic E-state index is 13.5. The van der Waals surface area contributed by atoms with E-state index in [0.29, 0.717) is 59.0 Å². The normalized spacial score (nSPS) is 16.6. The van der Waals surface area contributed by atoms with Crippen LogP contribution >= 0.6 is 11.3 Å². The summed E-state index contributed by atoms with van der Waals surface area (Å²) in [5.74, 6) is 0.0322. The molecule has 0 atom stereocenters. The number of fused-ring (bicyclic) bond motifs is 3. The van der Waals surface area contributed by atoms with Gasteiger partial charge in [0.05, 0.1) is 29.0 Å². The van der Waals surface area contributed by atoms with Crippen LogP contribution in [0.15, 0.2) is 41.0 Å². The second-order valence-corrected chi connectivity index (χ2v) is 12.8. The number of alkyl halides is 3. The predicted octanol–water partition coefficient (Wildman–Crippen LogP) is 2.92. The van der Waals surface area contributed by atoms with Crippen LogP contribution in [-0.4, -0.2) is 56.0 Å². The maximum Gasteiger partial charge on any atom is 0.427 e. The van der Waals surface area contributed by atoms with E-state index in [4.69, 9.17) is 0 Å². The number of hydrogen-bond acceptors (Lipinski definition) is 11. The average Bonchev–Trinajstić information content (AvgIpc) is 3.50. The molecule has 4 heterocycles. The van der Waals surface area contributed by atoms with E-state index < -0.39 is 34.0 Å². The minimum atomic E-state index is -4.59. The van der Waals surface area contributed by atoms with Crippen LogP contribution in [-0.2, 0) is 22.7 Å². The number of imidazole rings is 1. The molecule has 6 N–H and O–H groups in total. The van der Waals surface area contributed by atoms with Gasteiger partial charge in [0.2, 0.25) is 5.91 Å². The lowest BCUT2D eigenvalue weighted by molar-refractivity contribution is -0.374. The number of carbonyl (C=O) groups is 1. The summed E-state index contributed by atoms with van der Waals surface area (Å²) in [4.78, 5) is 36.8. The number of nitrogens with one attached hydrogen (secondary N) is 2. The van der Waals surface area contributed by atoms with Gasteiger partial charge >= 0.3 is 18.0 Å². The van der Waals surface area contributed by atoms with Gasteiger partial charge in [-0.25, -0.2) is 24.3 Å². The van der Waals surface area contributed by atoms with Gasteiger partial charge in [-0.2, -0.15) is 13.2 Å². The Balaban J connectivity index is 1.44. The zero-order valence-corrected chi connectivity index (χ0v) is 24.9. The van der Waals surface area contributed by atoms with Crippen molar-refractivity contribution in [3.05, 3.63) is 57.1 Å². The molecule has 0 unspecified atom stereocenters. The molecule has 238 valence electrons. The summed E-state index contributed by atoms with van der Waals surface area (Å²) in [7, 11) is 0. The molecule has 4 aromatic heterocycles. The van der Waals surface area contributed by atoms with Gasteiger partial charge in [0.1, 0.15) is 27.2 Å². The molecule has 0 spiro atoms. The number of amides is 1. The summed E-state index contributed by atoms with van der Waals surface area (Å²) < 4.78 is 41.4. The number of nitrogens with zero attached hydrogens (tertiary/aromatic N) is 5. The van der Waals surface area contributed by atoms with E-state index in [9.17, 15) is 43.2 Å². The van der Waals surface area contributed by atoms with Crippen molar-refractivity contribution < 1.29 is 38.4 Å². The molecule has 1 saturated carbocycles. The van der Waals surface area contributed by atoms with Gasteiger partial charge in [0, 0.05) is 24.2 Å². The fraction of sp³-hybridized carbons (Fsp3) is 0.393. The van der Waals surface area contributed by atoms with Gasteiger partial charge in [0.25, 0.3) is 0 Å². The maximum atomic E-state index is 13.5. The topological polar surface area (TPSA) is 188 Å². The Hall–Kier alpha value is -4.16. The zero-order chi connectivity index (χ0) is 32.7. The number of aliphatic hydroxyl groups is 4. The summed E-state index contributed by atoms with van der Waals surface area (Å²) >= 11 is 0.397. The molecule has 7 rings (SSSR count). The van der Waals surface area contributed by atoms with E-state index >= 15 is 0 Å². The monoisotopic (exact) mass is 647 g/mol. The fourth-order valence-corrected chi connectivity index (χ4v) is 6.64. The van der Waals surface area contributed by atoms with Crippen molar-refractivity contribution in [1.29, 1.82) is 0 Å². The van der Waals surface area contributed by atoms with E-state index in [2.05, 4.69) is 25.6 Å². The lowest BCUT2D eigenvalue weighted by Crippen LogP contribution is -2.56. The van der Waals surface area contributed by atoms with Gasteiger partial charge in [0.15, 0.2) is 0 Å². The highest BCUT2D eigenvalue weighted by Gasteiger charge is 2.47. The quantitative estimate of drug-likeness (QED) is 0.163. The summed E-state index contributed by atoms with van der Waals surface area (Å²) in [6.45, 7) is 4.42. The average molecular weight is 648 g/mol. The number of halogens is 3. The van der Waals surface area contributed by atoms with Crippen molar-refractivity contribution in [2.45, 2.75) is 69.9 Å². The summed E-state index contributed by atoms with van der Waals surface area (Å²) in [5.41, 5.74) is -0.846. The molecule has 4 aromatic rings. The molecular formula is C28H28F3N7O6S. The Bertz CT molecular complexity index is 1940. The molecule has 0 saturated heterocycles. The van der Waals surface area contributed by atoms with Gasteiger partial charge in [-0.1, -0.05) is 0 Å². The van der Waals surface area contributed by atoms with Gasteiger partial charge in [-0.3, -0.25) is 9.36 Å². The Kier molecular flexibility index (Phi) is 6.98. The fourth-order valence-electron chi connectivity index (χ4n) is 5.90. The molecule has 0 aromatic carbocycles. The molecule has 1 amide bonds. The molecule has 13 nitrogen and oxygen atoms in total. The van der Waals surface area contributed by atoms with Crippen LogP contribution in [0.2, 0.25) is 0 Å². The molecule has 0 aliphatic heterocycles. The van der Waals surface area contributed by atoms with E-state index in [1.165, 1.54) is 43.5 Å². The molecule has 0 radical (unpaired) electrons. The number of pyridine rings is 2. The number of aromatic nitrogens is 5.